The molecule has 8 heteroatoms. The number of aromatic nitrogens is 1. The third-order valence-electron chi connectivity index (χ3n) is 8.14. The number of hydrogen-bond acceptors (Lipinski definition) is 5. The molecule has 1 aliphatic heterocycles. The van der Waals surface area contributed by atoms with Crippen LogP contribution in [0.5, 0.6) is 0 Å². The molecule has 8 nitrogen and oxygen atoms in total. The summed E-state index contributed by atoms with van der Waals surface area (Å²) in [6.45, 7) is 12.5. The van der Waals surface area contributed by atoms with Gasteiger partial charge in [-0.05, 0) is 86.6 Å². The highest BCUT2D eigenvalue weighted by Gasteiger charge is 2.34. The average molecular weight is 557 g/mol. The Bertz CT molecular complexity index is 1480. The highest BCUT2D eigenvalue weighted by molar-refractivity contribution is 6.03. The Kier molecular flexibility index (Phi) is 8.71. The topological polar surface area (TPSA) is 94.7 Å². The standard InChI is InChI=1S/C33H40N4O4/c1-5-37(33(40)26-10-11-26)30-18-27(25-8-6-24(7-9-25)20-36-12-14-41-15-13-36)17-28(23(30)4)31(38)34-19-29-21(2)16-22(3)35-32(29)39/h6-9,16-18,26H,5,10-15,19-20H2,1-4H3,(H,34,38)(H,35,39). The molecule has 0 unspecified atom stereocenters. The Morgan fingerprint density at radius 1 is 1.02 bits per heavy atom. The van der Waals surface area contributed by atoms with Crippen molar-refractivity contribution < 1.29 is 14.3 Å². The van der Waals surface area contributed by atoms with E-state index in [0.717, 1.165) is 79.3 Å². The molecule has 1 aromatic heterocycles. The number of amides is 2. The molecule has 216 valence electrons. The van der Waals surface area contributed by atoms with Gasteiger partial charge in [0, 0.05) is 61.1 Å². The Labute approximate surface area is 241 Å². The minimum absolute atomic E-state index is 0.0611. The Morgan fingerprint density at radius 3 is 2.37 bits per heavy atom. The van der Waals surface area contributed by atoms with Gasteiger partial charge in [-0.1, -0.05) is 24.3 Å². The molecule has 3 aromatic rings. The second-order valence-corrected chi connectivity index (χ2v) is 11.2. The van der Waals surface area contributed by atoms with E-state index in [1.807, 2.05) is 50.8 Å². The van der Waals surface area contributed by atoms with Crippen molar-refractivity contribution in [2.24, 2.45) is 5.92 Å². The molecule has 5 rings (SSSR count). The largest absolute Gasteiger partial charge is 0.379 e. The molecule has 0 bridgehead atoms. The smallest absolute Gasteiger partial charge is 0.253 e. The number of hydrogen-bond donors (Lipinski definition) is 2. The number of pyridine rings is 1. The summed E-state index contributed by atoms with van der Waals surface area (Å²) < 4.78 is 5.47. The van der Waals surface area contributed by atoms with Gasteiger partial charge in [0.05, 0.1) is 13.2 Å². The lowest BCUT2D eigenvalue weighted by Crippen LogP contribution is -2.35. The van der Waals surface area contributed by atoms with E-state index in [1.54, 1.807) is 0 Å². The fourth-order valence-electron chi connectivity index (χ4n) is 5.56. The van der Waals surface area contributed by atoms with Crippen LogP contribution in [0.15, 0.2) is 47.3 Å². The van der Waals surface area contributed by atoms with E-state index < -0.39 is 0 Å². The molecule has 1 saturated carbocycles. The maximum atomic E-state index is 13.6. The predicted molar refractivity (Wildman–Crippen MR) is 161 cm³/mol. The van der Waals surface area contributed by atoms with Crippen LogP contribution in [0, 0.1) is 26.7 Å². The first-order chi connectivity index (χ1) is 19.7. The van der Waals surface area contributed by atoms with Gasteiger partial charge in [0.15, 0.2) is 0 Å². The number of H-pyrrole nitrogens is 1. The minimum Gasteiger partial charge on any atom is -0.379 e. The second-order valence-electron chi connectivity index (χ2n) is 11.2. The number of carbonyl (C=O) groups excluding carboxylic acids is 2. The number of benzene rings is 2. The first-order valence-corrected chi connectivity index (χ1v) is 14.6. The summed E-state index contributed by atoms with van der Waals surface area (Å²) in [5.74, 6) is -0.100. The fraction of sp³-hybridized carbons (Fsp3) is 0.424. The van der Waals surface area contributed by atoms with Crippen LogP contribution in [0.3, 0.4) is 0 Å². The minimum atomic E-state index is -0.274. The SMILES string of the molecule is CCN(C(=O)C1CC1)c1cc(-c2ccc(CN3CCOCC3)cc2)cc(C(=O)NCc2c(C)cc(C)[nH]c2=O)c1C. The van der Waals surface area contributed by atoms with Crippen LogP contribution in [-0.2, 0) is 22.6 Å². The molecule has 0 spiro atoms. The molecule has 2 fully saturated rings. The Balaban J connectivity index is 1.46. The van der Waals surface area contributed by atoms with Crippen molar-refractivity contribution in [3.63, 3.8) is 0 Å². The lowest BCUT2D eigenvalue weighted by atomic mass is 9.95. The number of nitrogens with zero attached hydrogens (tertiary/aromatic N) is 2. The van der Waals surface area contributed by atoms with Crippen LogP contribution >= 0.6 is 0 Å². The average Bonchev–Trinajstić information content (AvgIpc) is 3.80. The van der Waals surface area contributed by atoms with Crippen molar-refractivity contribution in [1.82, 2.24) is 15.2 Å². The molecule has 2 heterocycles. The van der Waals surface area contributed by atoms with Crippen LogP contribution in [0.2, 0.25) is 0 Å². The lowest BCUT2D eigenvalue weighted by molar-refractivity contribution is -0.119. The molecule has 1 saturated heterocycles. The summed E-state index contributed by atoms with van der Waals surface area (Å²) in [7, 11) is 0. The zero-order valence-corrected chi connectivity index (χ0v) is 24.5. The van der Waals surface area contributed by atoms with Gasteiger partial charge >= 0.3 is 0 Å². The monoisotopic (exact) mass is 556 g/mol. The van der Waals surface area contributed by atoms with E-state index in [4.69, 9.17) is 4.74 Å². The highest BCUT2D eigenvalue weighted by Crippen LogP contribution is 2.36. The zero-order chi connectivity index (χ0) is 29.1. The Hall–Kier alpha value is -3.75. The maximum absolute atomic E-state index is 13.6. The van der Waals surface area contributed by atoms with Gasteiger partial charge in [-0.3, -0.25) is 19.3 Å². The molecule has 2 aliphatic rings. The van der Waals surface area contributed by atoms with Crippen molar-refractivity contribution in [3.8, 4) is 11.1 Å². The van der Waals surface area contributed by atoms with E-state index in [-0.39, 0.29) is 29.8 Å². The predicted octanol–water partition coefficient (Wildman–Crippen LogP) is 4.49. The summed E-state index contributed by atoms with van der Waals surface area (Å²) in [6, 6.07) is 14.2. The van der Waals surface area contributed by atoms with Crippen LogP contribution in [0.1, 0.15) is 58.1 Å². The molecule has 1 aliphatic carbocycles. The van der Waals surface area contributed by atoms with E-state index in [1.165, 1.54) is 5.56 Å². The van der Waals surface area contributed by atoms with Gasteiger partial charge in [0.25, 0.3) is 11.5 Å². The number of ether oxygens (including phenoxy) is 1. The van der Waals surface area contributed by atoms with Crippen LogP contribution < -0.4 is 15.8 Å². The molecule has 2 aromatic carbocycles. The summed E-state index contributed by atoms with van der Waals surface area (Å²) >= 11 is 0. The summed E-state index contributed by atoms with van der Waals surface area (Å²) in [4.78, 5) is 46.4. The highest BCUT2D eigenvalue weighted by atomic mass is 16.5. The van der Waals surface area contributed by atoms with Crippen molar-refractivity contribution in [1.29, 1.82) is 0 Å². The summed E-state index contributed by atoms with van der Waals surface area (Å²) in [5, 5.41) is 2.96. The summed E-state index contributed by atoms with van der Waals surface area (Å²) in [6.07, 6.45) is 1.83. The van der Waals surface area contributed by atoms with Gasteiger partial charge in [0.2, 0.25) is 5.91 Å². The molecular formula is C33H40N4O4. The summed E-state index contributed by atoms with van der Waals surface area (Å²) in [5.41, 5.74) is 7.04. The van der Waals surface area contributed by atoms with E-state index >= 15 is 0 Å². The van der Waals surface area contributed by atoms with Crippen LogP contribution in [0.25, 0.3) is 11.1 Å². The fourth-order valence-corrected chi connectivity index (χ4v) is 5.56. The van der Waals surface area contributed by atoms with Crippen molar-refractivity contribution in [2.75, 3.05) is 37.7 Å². The number of carbonyl (C=O) groups is 2. The number of aryl methyl sites for hydroxylation is 2. The number of aromatic amines is 1. The van der Waals surface area contributed by atoms with Crippen LogP contribution in [0.4, 0.5) is 5.69 Å². The maximum Gasteiger partial charge on any atom is 0.253 e. The number of rotatable bonds is 9. The molecule has 0 radical (unpaired) electrons. The quantitative estimate of drug-likeness (QED) is 0.405. The molecule has 41 heavy (non-hydrogen) atoms. The first-order valence-electron chi connectivity index (χ1n) is 14.6. The van der Waals surface area contributed by atoms with Crippen molar-refractivity contribution in [2.45, 2.75) is 53.6 Å². The van der Waals surface area contributed by atoms with Gasteiger partial charge in [0.1, 0.15) is 0 Å². The third kappa shape index (κ3) is 6.60. The molecule has 2 N–H and O–H groups in total. The third-order valence-corrected chi connectivity index (χ3v) is 8.14. The van der Waals surface area contributed by atoms with Crippen molar-refractivity contribution >= 4 is 17.5 Å². The number of anilines is 1. The zero-order valence-electron chi connectivity index (χ0n) is 24.5. The van der Waals surface area contributed by atoms with Gasteiger partial charge < -0.3 is 19.9 Å². The molecule has 2 amide bonds. The van der Waals surface area contributed by atoms with E-state index in [0.29, 0.717) is 17.7 Å². The van der Waals surface area contributed by atoms with E-state index in [9.17, 15) is 14.4 Å². The Morgan fingerprint density at radius 2 is 1.73 bits per heavy atom. The molecular weight excluding hydrogens is 516 g/mol. The van der Waals surface area contributed by atoms with Gasteiger partial charge in [-0.15, -0.1) is 0 Å². The second kappa shape index (κ2) is 12.4. The van der Waals surface area contributed by atoms with E-state index in [2.05, 4.69) is 39.5 Å². The van der Waals surface area contributed by atoms with Gasteiger partial charge in [-0.2, -0.15) is 0 Å². The number of nitrogens with one attached hydrogen (secondary N) is 2. The lowest BCUT2D eigenvalue weighted by Gasteiger charge is -2.27. The van der Waals surface area contributed by atoms with Crippen molar-refractivity contribution in [3.05, 3.63) is 86.3 Å². The first kappa shape index (κ1) is 28.8. The number of morpholine rings is 1. The van der Waals surface area contributed by atoms with Gasteiger partial charge in [-0.25, -0.2) is 0 Å². The molecule has 0 atom stereocenters. The van der Waals surface area contributed by atoms with Crippen LogP contribution in [-0.4, -0.2) is 54.5 Å². The normalized spacial score (nSPS) is 15.5.